The molecule has 3 heterocycles. The molecule has 3 saturated heterocycles. The van der Waals surface area contributed by atoms with Gasteiger partial charge in [0.2, 0.25) is 0 Å². The van der Waals surface area contributed by atoms with Crippen LogP contribution < -0.4 is 0 Å². The molecule has 3 aliphatic heterocycles. The van der Waals surface area contributed by atoms with Crippen LogP contribution in [0, 0.1) is 23.7 Å². The molecule has 3 aliphatic rings. The maximum atomic E-state index is 14.1. The van der Waals surface area contributed by atoms with Crippen molar-refractivity contribution < 1.29 is 63.5 Å². The van der Waals surface area contributed by atoms with E-state index in [1.54, 1.807) is 41.5 Å². The van der Waals surface area contributed by atoms with Gasteiger partial charge < -0.3 is 58.9 Å². The lowest BCUT2D eigenvalue weighted by molar-refractivity contribution is -0.318. The van der Waals surface area contributed by atoms with Crippen LogP contribution in [-0.2, 0) is 38.0 Å². The molecule has 0 radical (unpaired) electrons. The highest BCUT2D eigenvalue weighted by molar-refractivity contribution is 5.83. The summed E-state index contributed by atoms with van der Waals surface area (Å²) in [6, 6.07) is -0.324. The van der Waals surface area contributed by atoms with Crippen LogP contribution in [0.2, 0.25) is 0 Å². The van der Waals surface area contributed by atoms with E-state index in [1.165, 1.54) is 27.9 Å². The lowest BCUT2D eigenvalue weighted by Gasteiger charge is -2.49. The van der Waals surface area contributed by atoms with Crippen LogP contribution in [-0.4, -0.2) is 148 Å². The molecule has 0 saturated carbocycles. The first-order chi connectivity index (χ1) is 23.4. The molecule has 14 nitrogen and oxygen atoms in total. The summed E-state index contributed by atoms with van der Waals surface area (Å²) in [5, 5.41) is 57.6. The molecule has 0 bridgehead atoms. The van der Waals surface area contributed by atoms with Crippen LogP contribution in [0.15, 0.2) is 0 Å². The van der Waals surface area contributed by atoms with E-state index in [0.29, 0.717) is 6.42 Å². The Morgan fingerprint density at radius 1 is 0.882 bits per heavy atom. The number of hydrogen-bond donors (Lipinski definition) is 5. The number of aliphatic hydroxyl groups excluding tert-OH is 3. The van der Waals surface area contributed by atoms with Crippen molar-refractivity contribution in [1.82, 2.24) is 4.90 Å². The summed E-state index contributed by atoms with van der Waals surface area (Å²) in [5.74, 6) is -4.98. The van der Waals surface area contributed by atoms with E-state index in [-0.39, 0.29) is 31.4 Å². The first-order valence-corrected chi connectivity index (χ1v) is 18.5. The molecular formula is C37H67NO13. The molecule has 0 aromatic carbocycles. The molecule has 5 N–H and O–H groups in total. The van der Waals surface area contributed by atoms with Gasteiger partial charge in [-0.1, -0.05) is 27.7 Å². The van der Waals surface area contributed by atoms with Crippen molar-refractivity contribution in [3.05, 3.63) is 0 Å². The van der Waals surface area contributed by atoms with Gasteiger partial charge in [-0.15, -0.1) is 0 Å². The minimum Gasteiger partial charge on any atom is -0.459 e. The van der Waals surface area contributed by atoms with Crippen LogP contribution in [0.5, 0.6) is 0 Å². The Morgan fingerprint density at radius 3 is 2.04 bits per heavy atom. The summed E-state index contributed by atoms with van der Waals surface area (Å²) in [4.78, 5) is 29.8. The Morgan fingerprint density at radius 2 is 1.49 bits per heavy atom. The Bertz CT molecular complexity index is 1170. The predicted molar refractivity (Wildman–Crippen MR) is 186 cm³/mol. The predicted octanol–water partition coefficient (Wildman–Crippen LogP) is 1.79. The first-order valence-electron chi connectivity index (χ1n) is 18.5. The number of cyclic esters (lactones) is 1. The first kappa shape index (κ1) is 44.1. The summed E-state index contributed by atoms with van der Waals surface area (Å²) in [7, 11) is 5.18. The highest BCUT2D eigenvalue weighted by Gasteiger charge is 2.53. The van der Waals surface area contributed by atoms with E-state index in [0.717, 1.165) is 0 Å². The fourth-order valence-electron chi connectivity index (χ4n) is 8.41. The molecule has 18 atom stereocenters. The number of hydrogen-bond acceptors (Lipinski definition) is 14. The van der Waals surface area contributed by atoms with E-state index in [1.807, 2.05) is 25.9 Å². The van der Waals surface area contributed by atoms with Gasteiger partial charge in [0, 0.05) is 37.3 Å². The van der Waals surface area contributed by atoms with E-state index >= 15 is 0 Å². The highest BCUT2D eigenvalue weighted by atomic mass is 16.7. The van der Waals surface area contributed by atoms with Crippen LogP contribution >= 0.6 is 0 Å². The maximum Gasteiger partial charge on any atom is 0.311 e. The summed E-state index contributed by atoms with van der Waals surface area (Å²) in [5.41, 5.74) is -4.84. The molecule has 0 amide bonds. The number of carbonyl (C=O) groups excluding carboxylic acids is 2. The minimum absolute atomic E-state index is 0.0936. The summed E-state index contributed by atoms with van der Waals surface area (Å²) in [6.07, 6.45) is -9.71. The van der Waals surface area contributed by atoms with Gasteiger partial charge in [0.25, 0.3) is 0 Å². The van der Waals surface area contributed by atoms with Crippen molar-refractivity contribution in [3.63, 3.8) is 0 Å². The number of methoxy groups -OCH3 is 1. The molecule has 0 aromatic rings. The average Bonchev–Trinajstić information content (AvgIpc) is 3.05. The van der Waals surface area contributed by atoms with Gasteiger partial charge in [0.1, 0.15) is 29.7 Å². The number of ketones is 1. The van der Waals surface area contributed by atoms with Gasteiger partial charge in [-0.05, 0) is 74.9 Å². The van der Waals surface area contributed by atoms with E-state index in [4.69, 9.17) is 28.4 Å². The van der Waals surface area contributed by atoms with Crippen molar-refractivity contribution in [1.29, 1.82) is 0 Å². The third-order valence-corrected chi connectivity index (χ3v) is 11.8. The minimum atomic E-state index is -1.99. The van der Waals surface area contributed by atoms with Crippen LogP contribution in [0.1, 0.15) is 94.9 Å². The lowest BCUT2D eigenvalue weighted by atomic mass is 9.74. The molecular weight excluding hydrogens is 666 g/mol. The number of aliphatic hydroxyl groups is 5. The second-order valence-corrected chi connectivity index (χ2v) is 16.5. The fraction of sp³-hybridized carbons (Fsp3) is 0.946. The molecule has 0 spiro atoms. The molecule has 0 aromatic heterocycles. The van der Waals surface area contributed by atoms with E-state index in [9.17, 15) is 35.1 Å². The summed E-state index contributed by atoms with van der Waals surface area (Å²) >= 11 is 0. The van der Waals surface area contributed by atoms with Crippen molar-refractivity contribution in [2.75, 3.05) is 21.2 Å². The Labute approximate surface area is 304 Å². The Hall–Kier alpha value is -1.30. The second-order valence-electron chi connectivity index (χ2n) is 16.5. The van der Waals surface area contributed by atoms with Crippen molar-refractivity contribution in [3.8, 4) is 0 Å². The summed E-state index contributed by atoms with van der Waals surface area (Å²) in [6.45, 7) is 16.3. The zero-order chi connectivity index (χ0) is 39.0. The Balaban J connectivity index is 2.18. The topological polar surface area (TPSA) is 194 Å². The number of Topliss-reactive ketones (excluding diaryl/α,β-unsaturated/α-hetero) is 1. The lowest BCUT2D eigenvalue weighted by Crippen LogP contribution is -2.61. The number of carbonyl (C=O) groups is 2. The van der Waals surface area contributed by atoms with Crippen molar-refractivity contribution >= 4 is 11.8 Å². The number of rotatable bonds is 7. The third-order valence-electron chi connectivity index (χ3n) is 11.8. The van der Waals surface area contributed by atoms with Crippen LogP contribution in [0.25, 0.3) is 0 Å². The van der Waals surface area contributed by atoms with Gasteiger partial charge in [-0.25, -0.2) is 0 Å². The zero-order valence-electron chi connectivity index (χ0n) is 32.9. The van der Waals surface area contributed by atoms with Gasteiger partial charge in [0.05, 0.1) is 47.6 Å². The van der Waals surface area contributed by atoms with Crippen molar-refractivity contribution in [2.24, 2.45) is 23.7 Å². The molecule has 298 valence electrons. The van der Waals surface area contributed by atoms with Gasteiger partial charge >= 0.3 is 5.97 Å². The second kappa shape index (κ2) is 17.0. The standard InChI is InChI=1S/C37H67NO13/c1-14-25-37(10,45)30(41)20(4)27(39)18(2)16-35(8,44)32(51-34-28(40)24(38(11)12)15-19(3)47-34)21(5)29(22(6)33(43)49-25)50-26-17-36(9,46-13)31(42)23(7)48-26/h18-26,28-32,34,40-42,44-45H,14-17H2,1-13H3/t18-,19+,20-,21-,22+,23-,24-,25-,26+,28-,29+,30-,31+,32-,34-,35+,36-,37+/m0/s1. The third kappa shape index (κ3) is 9.51. The SMILES string of the molecule is CC[C@@H]1OC(=O)[C@H](C)[C@H](O[C@@H]2C[C@](C)(OC)[C@H](O)[C@H](C)O2)[C@H](C)[C@H](O[C@@H]2O[C@H](C)C[C@H](N(C)C)[C@@H]2O)[C@](C)(O)C[C@H](C)C(=O)[C@H](C)[C@H](O)[C@]1(C)O. The molecule has 3 rings (SSSR count). The fourth-order valence-corrected chi connectivity index (χ4v) is 8.41. The molecule has 51 heavy (non-hydrogen) atoms. The largest absolute Gasteiger partial charge is 0.459 e. The Kier molecular flexibility index (Phi) is 14.7. The van der Waals surface area contributed by atoms with E-state index in [2.05, 4.69) is 0 Å². The molecule has 0 aliphatic carbocycles. The number of esters is 1. The zero-order valence-corrected chi connectivity index (χ0v) is 32.9. The van der Waals surface area contributed by atoms with Crippen molar-refractivity contribution in [2.45, 2.75) is 179 Å². The number of ether oxygens (including phenoxy) is 6. The smallest absolute Gasteiger partial charge is 0.311 e. The van der Waals surface area contributed by atoms with E-state index < -0.39 is 108 Å². The van der Waals surface area contributed by atoms with Crippen LogP contribution in [0.4, 0.5) is 0 Å². The monoisotopic (exact) mass is 733 g/mol. The highest BCUT2D eigenvalue weighted by Crippen LogP contribution is 2.40. The number of likely N-dealkylation sites (N-methyl/N-ethyl adjacent to an activating group) is 1. The van der Waals surface area contributed by atoms with Crippen LogP contribution in [0.3, 0.4) is 0 Å². The van der Waals surface area contributed by atoms with Gasteiger partial charge in [0.15, 0.2) is 12.6 Å². The molecule has 3 fully saturated rings. The molecule has 0 unspecified atom stereocenters. The normalized spacial score (nSPS) is 49.7. The average molecular weight is 734 g/mol. The maximum absolute atomic E-state index is 14.1. The molecule has 14 heteroatoms. The summed E-state index contributed by atoms with van der Waals surface area (Å²) < 4.78 is 37.1. The number of nitrogens with zero attached hydrogens (tertiary/aromatic N) is 1. The van der Waals surface area contributed by atoms with Gasteiger partial charge in [-0.3, -0.25) is 9.59 Å². The quantitative estimate of drug-likeness (QED) is 0.238. The van der Waals surface area contributed by atoms with Gasteiger partial charge in [-0.2, -0.15) is 0 Å².